The van der Waals surface area contributed by atoms with Crippen LogP contribution in [0, 0.1) is 0 Å². The molecule has 1 aliphatic heterocycles. The van der Waals surface area contributed by atoms with Crippen molar-refractivity contribution in [2.45, 2.75) is 82.7 Å². The van der Waals surface area contributed by atoms with Crippen molar-refractivity contribution in [3.05, 3.63) is 0 Å². The average Bonchev–Trinajstić information content (AvgIpc) is 2.91. The SMILES string of the molecule is CCSC1CCC(N2C(=O)C(C)(CC)NC(=O)C2CC)C1. The van der Waals surface area contributed by atoms with E-state index in [1.807, 2.05) is 37.4 Å². The molecule has 2 rings (SSSR count). The first-order chi connectivity index (χ1) is 9.96. The summed E-state index contributed by atoms with van der Waals surface area (Å²) in [5.74, 6) is 1.26. The van der Waals surface area contributed by atoms with E-state index in [9.17, 15) is 9.59 Å². The maximum atomic E-state index is 12.9. The van der Waals surface area contributed by atoms with Crippen molar-refractivity contribution in [3.63, 3.8) is 0 Å². The van der Waals surface area contributed by atoms with Gasteiger partial charge in [-0.3, -0.25) is 9.59 Å². The van der Waals surface area contributed by atoms with E-state index >= 15 is 0 Å². The van der Waals surface area contributed by atoms with Gasteiger partial charge in [0.15, 0.2) is 0 Å². The molecule has 4 atom stereocenters. The van der Waals surface area contributed by atoms with E-state index in [-0.39, 0.29) is 23.9 Å². The lowest BCUT2D eigenvalue weighted by Gasteiger charge is -2.46. The number of thioether (sulfide) groups is 1. The number of amides is 2. The van der Waals surface area contributed by atoms with Gasteiger partial charge >= 0.3 is 0 Å². The molecule has 4 nitrogen and oxygen atoms in total. The lowest BCUT2D eigenvalue weighted by molar-refractivity contribution is -0.157. The van der Waals surface area contributed by atoms with Gasteiger partial charge < -0.3 is 10.2 Å². The second kappa shape index (κ2) is 6.59. The first-order valence-electron chi connectivity index (χ1n) is 8.23. The highest BCUT2D eigenvalue weighted by Crippen LogP contribution is 2.36. The molecule has 1 N–H and O–H groups in total. The average molecular weight is 312 g/mol. The second-order valence-electron chi connectivity index (χ2n) is 6.36. The van der Waals surface area contributed by atoms with Gasteiger partial charge in [-0.2, -0.15) is 11.8 Å². The standard InChI is InChI=1S/C16H28N2O2S/c1-5-13-14(19)17-16(4,6-2)15(20)18(13)11-8-9-12(10-11)21-7-3/h11-13H,5-10H2,1-4H3,(H,17,19). The highest BCUT2D eigenvalue weighted by molar-refractivity contribution is 7.99. The Morgan fingerprint density at radius 2 is 2.00 bits per heavy atom. The molecule has 1 saturated heterocycles. The summed E-state index contributed by atoms with van der Waals surface area (Å²) in [5, 5.41) is 3.59. The summed E-state index contributed by atoms with van der Waals surface area (Å²) in [6.45, 7) is 8.00. The van der Waals surface area contributed by atoms with Crippen LogP contribution in [0.25, 0.3) is 0 Å². The Morgan fingerprint density at radius 1 is 1.29 bits per heavy atom. The third kappa shape index (κ3) is 3.08. The summed E-state index contributed by atoms with van der Waals surface area (Å²) in [5.41, 5.74) is -0.723. The molecule has 120 valence electrons. The molecule has 0 radical (unpaired) electrons. The van der Waals surface area contributed by atoms with Gasteiger partial charge in [0.25, 0.3) is 0 Å². The number of carbonyl (C=O) groups excluding carboxylic acids is 2. The van der Waals surface area contributed by atoms with Gasteiger partial charge in [-0.1, -0.05) is 20.8 Å². The van der Waals surface area contributed by atoms with E-state index in [0.717, 1.165) is 25.0 Å². The number of hydrogen-bond acceptors (Lipinski definition) is 3. The van der Waals surface area contributed by atoms with E-state index in [4.69, 9.17) is 0 Å². The zero-order valence-corrected chi connectivity index (χ0v) is 14.5. The highest BCUT2D eigenvalue weighted by atomic mass is 32.2. The zero-order chi connectivity index (χ0) is 15.6. The van der Waals surface area contributed by atoms with Gasteiger partial charge in [0.05, 0.1) is 0 Å². The van der Waals surface area contributed by atoms with Crippen LogP contribution in [0.1, 0.15) is 59.8 Å². The topological polar surface area (TPSA) is 49.4 Å². The number of carbonyl (C=O) groups is 2. The fourth-order valence-corrected chi connectivity index (χ4v) is 4.69. The second-order valence-corrected chi connectivity index (χ2v) is 7.93. The van der Waals surface area contributed by atoms with E-state index in [1.165, 1.54) is 0 Å². The third-order valence-corrected chi connectivity index (χ3v) is 6.22. The third-order valence-electron chi connectivity index (χ3n) is 4.99. The number of hydrogen-bond donors (Lipinski definition) is 1. The normalized spacial score (nSPS) is 37.0. The van der Waals surface area contributed by atoms with Crippen LogP contribution < -0.4 is 5.32 Å². The van der Waals surface area contributed by atoms with Crippen LogP contribution in [0.4, 0.5) is 0 Å². The Balaban J connectivity index is 2.21. The first kappa shape index (κ1) is 16.7. The van der Waals surface area contributed by atoms with Crippen LogP contribution in [0.5, 0.6) is 0 Å². The molecule has 0 bridgehead atoms. The van der Waals surface area contributed by atoms with Gasteiger partial charge in [0, 0.05) is 11.3 Å². The van der Waals surface area contributed by atoms with Crippen LogP contribution >= 0.6 is 11.8 Å². The maximum absolute atomic E-state index is 12.9. The molecule has 0 aromatic carbocycles. The van der Waals surface area contributed by atoms with Crippen LogP contribution in [0.15, 0.2) is 0 Å². The van der Waals surface area contributed by atoms with E-state index < -0.39 is 5.54 Å². The van der Waals surface area contributed by atoms with Crippen LogP contribution in [-0.4, -0.2) is 45.3 Å². The predicted octanol–water partition coefficient (Wildman–Crippen LogP) is 2.57. The van der Waals surface area contributed by atoms with E-state index in [1.54, 1.807) is 0 Å². The highest BCUT2D eigenvalue weighted by Gasteiger charge is 2.49. The summed E-state index contributed by atoms with van der Waals surface area (Å²) >= 11 is 1.98. The summed E-state index contributed by atoms with van der Waals surface area (Å²) in [7, 11) is 0. The van der Waals surface area contributed by atoms with Gasteiger partial charge in [0.2, 0.25) is 11.8 Å². The van der Waals surface area contributed by atoms with Gasteiger partial charge in [-0.25, -0.2) is 0 Å². The Labute approximate surface area is 132 Å². The van der Waals surface area contributed by atoms with Gasteiger partial charge in [0.1, 0.15) is 11.6 Å². The molecule has 2 aliphatic rings. The zero-order valence-electron chi connectivity index (χ0n) is 13.6. The van der Waals surface area contributed by atoms with Gasteiger partial charge in [-0.05, 0) is 44.8 Å². The number of nitrogens with zero attached hydrogens (tertiary/aromatic N) is 1. The summed E-state index contributed by atoms with van der Waals surface area (Å²) in [6, 6.07) is -0.0454. The van der Waals surface area contributed by atoms with Crippen molar-refractivity contribution in [2.24, 2.45) is 0 Å². The fraction of sp³-hybridized carbons (Fsp3) is 0.875. The van der Waals surface area contributed by atoms with Crippen LogP contribution in [0.2, 0.25) is 0 Å². The molecule has 5 heteroatoms. The quantitative estimate of drug-likeness (QED) is 0.849. The minimum Gasteiger partial charge on any atom is -0.340 e. The summed E-state index contributed by atoms with van der Waals surface area (Å²) in [4.78, 5) is 27.3. The molecule has 2 amide bonds. The molecule has 2 fully saturated rings. The smallest absolute Gasteiger partial charge is 0.248 e. The monoisotopic (exact) mass is 312 g/mol. The van der Waals surface area contributed by atoms with Gasteiger partial charge in [-0.15, -0.1) is 0 Å². The van der Waals surface area contributed by atoms with Crippen molar-refractivity contribution < 1.29 is 9.59 Å². The molecule has 0 aromatic heterocycles. The van der Waals surface area contributed by atoms with Crippen LogP contribution in [-0.2, 0) is 9.59 Å². The molecule has 21 heavy (non-hydrogen) atoms. The lowest BCUT2D eigenvalue weighted by atomic mass is 9.89. The minimum absolute atomic E-state index is 0.0213. The number of rotatable bonds is 5. The Morgan fingerprint density at radius 3 is 2.57 bits per heavy atom. The first-order valence-corrected chi connectivity index (χ1v) is 9.28. The molecule has 0 aromatic rings. The molecule has 4 unspecified atom stereocenters. The Kier molecular flexibility index (Phi) is 5.23. The van der Waals surface area contributed by atoms with Crippen molar-refractivity contribution in [2.75, 3.05) is 5.75 Å². The lowest BCUT2D eigenvalue weighted by Crippen LogP contribution is -2.70. The van der Waals surface area contributed by atoms with Crippen LogP contribution in [0.3, 0.4) is 0 Å². The molecular formula is C16H28N2O2S. The maximum Gasteiger partial charge on any atom is 0.248 e. The van der Waals surface area contributed by atoms with Crippen molar-refractivity contribution in [3.8, 4) is 0 Å². The number of piperazine rings is 1. The predicted molar refractivity (Wildman–Crippen MR) is 87.3 cm³/mol. The Hall–Kier alpha value is -0.710. The minimum atomic E-state index is -0.723. The van der Waals surface area contributed by atoms with E-state index in [0.29, 0.717) is 18.1 Å². The van der Waals surface area contributed by atoms with Crippen molar-refractivity contribution >= 4 is 23.6 Å². The largest absolute Gasteiger partial charge is 0.340 e. The van der Waals surface area contributed by atoms with E-state index in [2.05, 4.69) is 12.2 Å². The molecule has 1 aliphatic carbocycles. The molecule has 1 heterocycles. The molecule has 0 spiro atoms. The Bertz CT molecular complexity index is 415. The molecule has 1 saturated carbocycles. The molecular weight excluding hydrogens is 284 g/mol. The number of nitrogens with one attached hydrogen (secondary N) is 1. The summed E-state index contributed by atoms with van der Waals surface area (Å²) < 4.78 is 0. The fourth-order valence-electron chi connectivity index (χ4n) is 3.56. The summed E-state index contributed by atoms with van der Waals surface area (Å²) in [6.07, 6.45) is 4.57. The van der Waals surface area contributed by atoms with Crippen molar-refractivity contribution in [1.82, 2.24) is 10.2 Å². The van der Waals surface area contributed by atoms with Crippen molar-refractivity contribution in [1.29, 1.82) is 0 Å².